The molecule has 2 aliphatic carbocycles. The van der Waals surface area contributed by atoms with Crippen LogP contribution in [0.25, 0.3) is 0 Å². The van der Waals surface area contributed by atoms with Gasteiger partial charge in [-0.3, -0.25) is 4.90 Å². The van der Waals surface area contributed by atoms with Crippen molar-refractivity contribution < 1.29 is 4.42 Å². The zero-order chi connectivity index (χ0) is 13.5. The van der Waals surface area contributed by atoms with Gasteiger partial charge in [0, 0.05) is 18.0 Å². The maximum atomic E-state index is 5.91. The lowest BCUT2D eigenvalue weighted by molar-refractivity contribution is 0.135. The van der Waals surface area contributed by atoms with Crippen LogP contribution in [0, 0.1) is 5.92 Å². The van der Waals surface area contributed by atoms with Gasteiger partial charge in [0.15, 0.2) is 0 Å². The minimum Gasteiger partial charge on any atom is -0.424 e. The van der Waals surface area contributed by atoms with Crippen molar-refractivity contribution in [3.8, 4) is 0 Å². The summed E-state index contributed by atoms with van der Waals surface area (Å²) in [5.74, 6) is 3.19. The monoisotopic (exact) mass is 275 g/mol. The van der Waals surface area contributed by atoms with Gasteiger partial charge >= 0.3 is 0 Å². The fourth-order valence-corrected chi connectivity index (χ4v) is 4.38. The third-order valence-corrected chi connectivity index (χ3v) is 5.76. The maximum absolute atomic E-state index is 5.91. The number of likely N-dealkylation sites (tertiary alicyclic amines) is 1. The molecule has 4 rings (SSSR count). The summed E-state index contributed by atoms with van der Waals surface area (Å²) >= 11 is 0. The maximum Gasteiger partial charge on any atom is 0.230 e. The van der Waals surface area contributed by atoms with Gasteiger partial charge in [0.05, 0.1) is 6.54 Å². The molecular formula is C16H25N3O. The molecule has 0 bridgehead atoms. The molecule has 0 N–H and O–H groups in total. The van der Waals surface area contributed by atoms with Crippen LogP contribution in [0.5, 0.6) is 0 Å². The van der Waals surface area contributed by atoms with Gasteiger partial charge in [-0.2, -0.15) is 0 Å². The molecule has 1 aromatic heterocycles. The summed E-state index contributed by atoms with van der Waals surface area (Å²) in [4.78, 5) is 2.63. The SMILES string of the molecule is CC1CC2CCCCC2N1Cc1nnc(C2CCC2)o1. The van der Waals surface area contributed by atoms with Crippen molar-refractivity contribution in [3.05, 3.63) is 11.8 Å². The molecule has 3 aliphatic rings. The lowest BCUT2D eigenvalue weighted by Crippen LogP contribution is -2.37. The fourth-order valence-electron chi connectivity index (χ4n) is 4.38. The summed E-state index contributed by atoms with van der Waals surface area (Å²) in [7, 11) is 0. The lowest BCUT2D eigenvalue weighted by atomic mass is 9.85. The van der Waals surface area contributed by atoms with E-state index >= 15 is 0 Å². The first-order valence-electron chi connectivity index (χ1n) is 8.39. The van der Waals surface area contributed by atoms with Crippen molar-refractivity contribution in [1.29, 1.82) is 0 Å². The van der Waals surface area contributed by atoms with E-state index in [0.717, 1.165) is 30.3 Å². The molecule has 20 heavy (non-hydrogen) atoms. The molecule has 1 aromatic rings. The second-order valence-electron chi connectivity index (χ2n) is 7.03. The number of aromatic nitrogens is 2. The molecule has 3 unspecified atom stereocenters. The fraction of sp³-hybridized carbons (Fsp3) is 0.875. The van der Waals surface area contributed by atoms with E-state index in [0.29, 0.717) is 12.0 Å². The van der Waals surface area contributed by atoms with Crippen LogP contribution < -0.4 is 0 Å². The summed E-state index contributed by atoms with van der Waals surface area (Å²) in [6.45, 7) is 3.23. The highest BCUT2D eigenvalue weighted by atomic mass is 16.4. The van der Waals surface area contributed by atoms with E-state index in [4.69, 9.17) is 4.42 Å². The van der Waals surface area contributed by atoms with E-state index in [-0.39, 0.29) is 0 Å². The summed E-state index contributed by atoms with van der Waals surface area (Å²) in [6, 6.07) is 1.43. The molecule has 1 aliphatic heterocycles. The topological polar surface area (TPSA) is 42.2 Å². The van der Waals surface area contributed by atoms with Crippen molar-refractivity contribution in [2.24, 2.45) is 5.92 Å². The van der Waals surface area contributed by atoms with Gasteiger partial charge in [0.25, 0.3) is 0 Å². The number of rotatable bonds is 3. The normalized spacial score (nSPS) is 35.0. The van der Waals surface area contributed by atoms with E-state index in [1.54, 1.807) is 0 Å². The van der Waals surface area contributed by atoms with Crippen LogP contribution in [-0.2, 0) is 6.54 Å². The summed E-state index contributed by atoms with van der Waals surface area (Å²) < 4.78 is 5.91. The number of hydrogen-bond acceptors (Lipinski definition) is 4. The third-order valence-electron chi connectivity index (χ3n) is 5.76. The van der Waals surface area contributed by atoms with Crippen molar-refractivity contribution in [1.82, 2.24) is 15.1 Å². The molecule has 110 valence electrons. The molecule has 4 nitrogen and oxygen atoms in total. The molecule has 3 fully saturated rings. The van der Waals surface area contributed by atoms with E-state index < -0.39 is 0 Å². The Balaban J connectivity index is 1.45. The molecular weight excluding hydrogens is 250 g/mol. The quantitative estimate of drug-likeness (QED) is 0.847. The van der Waals surface area contributed by atoms with Crippen molar-refractivity contribution in [2.45, 2.75) is 82.8 Å². The first-order valence-corrected chi connectivity index (χ1v) is 8.39. The Morgan fingerprint density at radius 1 is 1.10 bits per heavy atom. The highest BCUT2D eigenvalue weighted by Crippen LogP contribution is 2.40. The summed E-state index contributed by atoms with van der Waals surface area (Å²) in [6.07, 6.45) is 10.7. The van der Waals surface area contributed by atoms with Gasteiger partial charge < -0.3 is 4.42 Å². The van der Waals surface area contributed by atoms with Gasteiger partial charge in [0.1, 0.15) is 0 Å². The largest absolute Gasteiger partial charge is 0.424 e. The molecule has 1 saturated heterocycles. The van der Waals surface area contributed by atoms with Gasteiger partial charge in [0.2, 0.25) is 11.8 Å². The van der Waals surface area contributed by atoms with Gasteiger partial charge in [-0.25, -0.2) is 0 Å². The molecule has 0 amide bonds. The molecule has 2 heterocycles. The molecule has 0 aromatic carbocycles. The average molecular weight is 275 g/mol. The van der Waals surface area contributed by atoms with Crippen molar-refractivity contribution in [3.63, 3.8) is 0 Å². The molecule has 2 saturated carbocycles. The van der Waals surface area contributed by atoms with Crippen LogP contribution >= 0.6 is 0 Å². The van der Waals surface area contributed by atoms with Crippen LogP contribution in [-0.4, -0.2) is 27.2 Å². The Bertz CT molecular complexity index is 468. The van der Waals surface area contributed by atoms with Crippen molar-refractivity contribution >= 4 is 0 Å². The van der Waals surface area contributed by atoms with Crippen LogP contribution in [0.4, 0.5) is 0 Å². The predicted octanol–water partition coefficient (Wildman–Crippen LogP) is 3.49. The molecule has 0 spiro atoms. The second kappa shape index (κ2) is 5.14. The van der Waals surface area contributed by atoms with Gasteiger partial charge in [-0.15, -0.1) is 10.2 Å². The van der Waals surface area contributed by atoms with E-state index in [2.05, 4.69) is 22.0 Å². The first-order chi connectivity index (χ1) is 9.81. The number of hydrogen-bond donors (Lipinski definition) is 0. The molecule has 3 atom stereocenters. The van der Waals surface area contributed by atoms with Crippen LogP contribution in [0.1, 0.15) is 76.0 Å². The third kappa shape index (κ3) is 2.18. The Morgan fingerprint density at radius 3 is 2.75 bits per heavy atom. The molecule has 0 radical (unpaired) electrons. The van der Waals surface area contributed by atoms with Crippen molar-refractivity contribution in [2.75, 3.05) is 0 Å². The summed E-state index contributed by atoms with van der Waals surface area (Å²) in [5, 5.41) is 8.56. The Morgan fingerprint density at radius 2 is 1.95 bits per heavy atom. The molecule has 4 heteroatoms. The Hall–Kier alpha value is -0.900. The minimum atomic E-state index is 0.551. The number of fused-ring (bicyclic) bond motifs is 1. The van der Waals surface area contributed by atoms with E-state index in [1.807, 2.05) is 0 Å². The predicted molar refractivity (Wildman–Crippen MR) is 76.3 cm³/mol. The van der Waals surface area contributed by atoms with Gasteiger partial charge in [-0.1, -0.05) is 19.3 Å². The zero-order valence-corrected chi connectivity index (χ0v) is 12.4. The van der Waals surface area contributed by atoms with E-state index in [1.165, 1.54) is 51.4 Å². The van der Waals surface area contributed by atoms with Crippen LogP contribution in [0.15, 0.2) is 4.42 Å². The van der Waals surface area contributed by atoms with Crippen LogP contribution in [0.3, 0.4) is 0 Å². The Kier molecular flexibility index (Phi) is 3.29. The van der Waals surface area contributed by atoms with E-state index in [9.17, 15) is 0 Å². The summed E-state index contributed by atoms with van der Waals surface area (Å²) in [5.41, 5.74) is 0. The standard InChI is InChI=1S/C16H25N3O/c1-11-9-13-5-2-3-8-14(13)19(11)10-15-17-18-16(20-15)12-6-4-7-12/h11-14H,2-10H2,1H3. The smallest absolute Gasteiger partial charge is 0.230 e. The first kappa shape index (κ1) is 12.8. The number of nitrogens with zero attached hydrogens (tertiary/aromatic N) is 3. The van der Waals surface area contributed by atoms with Crippen LogP contribution in [0.2, 0.25) is 0 Å². The highest BCUT2D eigenvalue weighted by Gasteiger charge is 2.40. The minimum absolute atomic E-state index is 0.551. The average Bonchev–Trinajstić information content (AvgIpc) is 2.94. The lowest BCUT2D eigenvalue weighted by Gasteiger charge is -2.32. The Labute approximate surface area is 120 Å². The zero-order valence-electron chi connectivity index (χ0n) is 12.4. The van der Waals surface area contributed by atoms with Gasteiger partial charge in [-0.05, 0) is 44.9 Å². The highest BCUT2D eigenvalue weighted by molar-refractivity contribution is 4.99. The second-order valence-corrected chi connectivity index (χ2v) is 7.03.